The summed E-state index contributed by atoms with van der Waals surface area (Å²) in [7, 11) is 1.34. The molecule has 12 heteroatoms. The normalized spacial score (nSPS) is 18.2. The zero-order valence-corrected chi connectivity index (χ0v) is 17.6. The number of carbonyl (C=O) groups excluding carboxylic acids is 2. The number of amides is 2. The maximum atomic E-state index is 12.5. The van der Waals surface area contributed by atoms with Gasteiger partial charge < -0.3 is 24.8 Å². The highest BCUT2D eigenvalue weighted by Crippen LogP contribution is 2.35. The van der Waals surface area contributed by atoms with Crippen LogP contribution in [0.2, 0.25) is 0 Å². The Kier molecular flexibility index (Phi) is 6.12. The Hall–Kier alpha value is -3.80. The van der Waals surface area contributed by atoms with E-state index < -0.39 is 16.1 Å². The largest absolute Gasteiger partial charge is 0.494 e. The van der Waals surface area contributed by atoms with Gasteiger partial charge in [0.1, 0.15) is 24.2 Å². The molecule has 2 N–H and O–H groups in total. The minimum Gasteiger partial charge on any atom is -0.494 e. The van der Waals surface area contributed by atoms with Gasteiger partial charge in [-0.05, 0) is 18.2 Å². The molecule has 1 saturated heterocycles. The van der Waals surface area contributed by atoms with E-state index in [-0.39, 0.29) is 29.5 Å². The molecule has 2 aromatic carbocycles. The first-order valence-corrected chi connectivity index (χ1v) is 10.4. The summed E-state index contributed by atoms with van der Waals surface area (Å²) in [6, 6.07) is 9.06. The van der Waals surface area contributed by atoms with Gasteiger partial charge in [0.2, 0.25) is 11.8 Å². The maximum absolute atomic E-state index is 12.5. The van der Waals surface area contributed by atoms with Crippen molar-refractivity contribution >= 4 is 45.8 Å². The summed E-state index contributed by atoms with van der Waals surface area (Å²) in [5.41, 5.74) is 0.694. The van der Waals surface area contributed by atoms with Gasteiger partial charge in [0.05, 0.1) is 29.5 Å². The van der Waals surface area contributed by atoms with Gasteiger partial charge in [0.15, 0.2) is 16.7 Å². The number of benzene rings is 2. The Bertz CT molecular complexity index is 1120. The molecule has 11 nitrogen and oxygen atoms in total. The molecule has 1 fully saturated rings. The molecule has 2 heterocycles. The highest BCUT2D eigenvalue weighted by atomic mass is 32.2. The van der Waals surface area contributed by atoms with Crippen LogP contribution in [-0.2, 0) is 9.59 Å². The van der Waals surface area contributed by atoms with Crippen molar-refractivity contribution in [3.8, 4) is 17.2 Å². The maximum Gasteiger partial charge on any atom is 0.273 e. The van der Waals surface area contributed by atoms with Gasteiger partial charge in [-0.25, -0.2) is 4.99 Å². The number of non-ortho nitro benzene ring substituents is 1. The Morgan fingerprint density at radius 3 is 2.81 bits per heavy atom. The van der Waals surface area contributed by atoms with E-state index in [1.807, 2.05) is 0 Å². The lowest BCUT2D eigenvalue weighted by molar-refractivity contribution is -0.384. The van der Waals surface area contributed by atoms with E-state index in [0.29, 0.717) is 35.6 Å². The molecule has 32 heavy (non-hydrogen) atoms. The topological polar surface area (TPSA) is 141 Å². The van der Waals surface area contributed by atoms with E-state index in [1.165, 1.54) is 25.3 Å². The van der Waals surface area contributed by atoms with Gasteiger partial charge in [0, 0.05) is 18.6 Å². The molecule has 2 amide bonds. The number of hydrogen-bond acceptors (Lipinski definition) is 9. The van der Waals surface area contributed by atoms with Crippen molar-refractivity contribution in [1.29, 1.82) is 0 Å². The fourth-order valence-electron chi connectivity index (χ4n) is 3.08. The molecular weight excluding hydrogens is 440 g/mol. The van der Waals surface area contributed by atoms with Crippen LogP contribution in [0, 0.1) is 10.1 Å². The monoisotopic (exact) mass is 458 g/mol. The highest BCUT2D eigenvalue weighted by molar-refractivity contribution is 8.15. The fourth-order valence-corrected chi connectivity index (χ4v) is 4.07. The Labute approximate surface area is 186 Å². The number of methoxy groups -OCH3 is 1. The van der Waals surface area contributed by atoms with Gasteiger partial charge in [0.25, 0.3) is 5.69 Å². The minimum atomic E-state index is -0.671. The summed E-state index contributed by atoms with van der Waals surface area (Å²) in [5, 5.41) is 15.9. The number of anilines is 1. The summed E-state index contributed by atoms with van der Waals surface area (Å²) in [5.74, 6) is 0.597. The second-order valence-electron chi connectivity index (χ2n) is 6.73. The van der Waals surface area contributed by atoms with Crippen molar-refractivity contribution in [2.45, 2.75) is 11.7 Å². The molecule has 1 unspecified atom stereocenters. The predicted octanol–water partition coefficient (Wildman–Crippen LogP) is 2.62. The first-order valence-electron chi connectivity index (χ1n) is 9.51. The summed E-state index contributed by atoms with van der Waals surface area (Å²) < 4.78 is 16.1. The zero-order chi connectivity index (χ0) is 22.7. The molecule has 166 valence electrons. The molecule has 0 radical (unpaired) electrons. The van der Waals surface area contributed by atoms with Gasteiger partial charge in [-0.2, -0.15) is 0 Å². The number of nitrogens with one attached hydrogen (secondary N) is 2. The number of fused-ring (bicyclic) bond motifs is 1. The molecule has 2 aliphatic rings. The molecule has 0 spiro atoms. The smallest absolute Gasteiger partial charge is 0.273 e. The SMILES string of the molecule is COc1cc([N+](=O)[O-])ccc1NC(=O)CC1SC(=Nc2ccc3c(c2)OCCO3)NC1=O. The number of nitro benzene ring substituents is 1. The average molecular weight is 458 g/mol. The van der Waals surface area contributed by atoms with E-state index in [0.717, 1.165) is 11.8 Å². The number of carbonyl (C=O) groups is 2. The molecular formula is C20H18N4O7S. The third kappa shape index (κ3) is 4.75. The average Bonchev–Trinajstić information content (AvgIpc) is 3.11. The van der Waals surface area contributed by atoms with Crippen molar-refractivity contribution in [2.24, 2.45) is 4.99 Å². The second kappa shape index (κ2) is 9.14. The van der Waals surface area contributed by atoms with Crippen molar-refractivity contribution in [2.75, 3.05) is 25.6 Å². The summed E-state index contributed by atoms with van der Waals surface area (Å²) in [6.45, 7) is 0.942. The number of thioether (sulfide) groups is 1. The quantitative estimate of drug-likeness (QED) is 0.497. The van der Waals surface area contributed by atoms with E-state index in [9.17, 15) is 19.7 Å². The molecule has 0 saturated carbocycles. The summed E-state index contributed by atoms with van der Waals surface area (Å²) >= 11 is 1.14. The van der Waals surface area contributed by atoms with Crippen molar-refractivity contribution in [3.63, 3.8) is 0 Å². The predicted molar refractivity (Wildman–Crippen MR) is 117 cm³/mol. The molecule has 2 aromatic rings. The molecule has 0 aliphatic carbocycles. The van der Waals surface area contributed by atoms with Crippen LogP contribution in [0.4, 0.5) is 17.1 Å². The first kappa shape index (κ1) is 21.4. The number of nitro groups is 1. The van der Waals surface area contributed by atoms with Crippen LogP contribution < -0.4 is 24.8 Å². The number of nitrogens with zero attached hydrogens (tertiary/aromatic N) is 2. The van der Waals surface area contributed by atoms with E-state index >= 15 is 0 Å². The van der Waals surface area contributed by atoms with Crippen LogP contribution >= 0.6 is 11.8 Å². The first-order chi connectivity index (χ1) is 15.4. The molecule has 2 aliphatic heterocycles. The zero-order valence-electron chi connectivity index (χ0n) is 16.8. The molecule has 1 atom stereocenters. The lowest BCUT2D eigenvalue weighted by atomic mass is 10.2. The number of hydrogen-bond donors (Lipinski definition) is 2. The van der Waals surface area contributed by atoms with Gasteiger partial charge in [-0.15, -0.1) is 0 Å². The number of ether oxygens (including phenoxy) is 3. The Morgan fingerprint density at radius 1 is 1.28 bits per heavy atom. The summed E-state index contributed by atoms with van der Waals surface area (Å²) in [6.07, 6.45) is -0.114. The highest BCUT2D eigenvalue weighted by Gasteiger charge is 2.32. The van der Waals surface area contributed by atoms with Gasteiger partial charge in [-0.3, -0.25) is 19.7 Å². The van der Waals surface area contributed by atoms with Crippen LogP contribution in [0.5, 0.6) is 17.2 Å². The van der Waals surface area contributed by atoms with Crippen molar-refractivity contribution < 1.29 is 28.7 Å². The Morgan fingerprint density at radius 2 is 2.06 bits per heavy atom. The minimum absolute atomic E-state index is 0.114. The van der Waals surface area contributed by atoms with Crippen LogP contribution in [0.1, 0.15) is 6.42 Å². The number of aliphatic imine (C=N–C) groups is 1. The Balaban J connectivity index is 1.40. The fraction of sp³-hybridized carbons (Fsp3) is 0.250. The third-order valence-electron chi connectivity index (χ3n) is 4.57. The third-order valence-corrected chi connectivity index (χ3v) is 5.66. The standard InChI is InChI=1S/C20H18N4O7S/c1-29-15-9-12(24(27)28)3-4-13(15)22-18(25)10-17-19(26)23-20(32-17)21-11-2-5-14-16(8-11)31-7-6-30-14/h2-5,8-9,17H,6-7,10H2,1H3,(H,22,25)(H,21,23,26). The van der Waals surface area contributed by atoms with Crippen LogP contribution in [0.25, 0.3) is 0 Å². The van der Waals surface area contributed by atoms with E-state index in [2.05, 4.69) is 15.6 Å². The summed E-state index contributed by atoms with van der Waals surface area (Å²) in [4.78, 5) is 39.5. The number of amidine groups is 1. The van der Waals surface area contributed by atoms with Gasteiger partial charge >= 0.3 is 0 Å². The van der Waals surface area contributed by atoms with Crippen LogP contribution in [0.15, 0.2) is 41.4 Å². The van der Waals surface area contributed by atoms with Crippen LogP contribution in [0.3, 0.4) is 0 Å². The molecule has 0 aromatic heterocycles. The van der Waals surface area contributed by atoms with E-state index in [1.54, 1.807) is 18.2 Å². The molecule has 4 rings (SSSR count). The van der Waals surface area contributed by atoms with Gasteiger partial charge in [-0.1, -0.05) is 11.8 Å². The van der Waals surface area contributed by atoms with Crippen molar-refractivity contribution in [1.82, 2.24) is 5.32 Å². The van der Waals surface area contributed by atoms with Crippen molar-refractivity contribution in [3.05, 3.63) is 46.5 Å². The second-order valence-corrected chi connectivity index (χ2v) is 7.93. The lowest BCUT2D eigenvalue weighted by Crippen LogP contribution is -2.28. The molecule has 0 bridgehead atoms. The number of rotatable bonds is 6. The van der Waals surface area contributed by atoms with E-state index in [4.69, 9.17) is 14.2 Å². The lowest BCUT2D eigenvalue weighted by Gasteiger charge is -2.18. The van der Waals surface area contributed by atoms with Crippen LogP contribution in [-0.4, -0.2) is 47.5 Å².